The first-order valence-electron chi connectivity index (χ1n) is 6.57. The highest BCUT2D eigenvalue weighted by Gasteiger charge is 2.18. The zero-order chi connectivity index (χ0) is 14.2. The number of rotatable bonds is 9. The van der Waals surface area contributed by atoms with E-state index in [-0.39, 0.29) is 23.8 Å². The fraction of sp³-hybridized carbons (Fsp3) is 0.923. The van der Waals surface area contributed by atoms with Gasteiger partial charge in [0, 0.05) is 6.61 Å². The second kappa shape index (κ2) is 17.0. The Morgan fingerprint density at radius 2 is 1.78 bits per heavy atom. The minimum absolute atomic E-state index is 0.0667. The van der Waals surface area contributed by atoms with Crippen LogP contribution in [0.1, 0.15) is 52.4 Å². The van der Waals surface area contributed by atoms with E-state index in [2.05, 4.69) is 6.92 Å². The summed E-state index contributed by atoms with van der Waals surface area (Å²) in [5.74, 6) is -0.255. The summed E-state index contributed by atoms with van der Waals surface area (Å²) < 4.78 is 4.96. The van der Waals surface area contributed by atoms with Crippen LogP contribution < -0.4 is 0 Å². The molecule has 18 heavy (non-hydrogen) atoms. The molecule has 0 amide bonds. The van der Waals surface area contributed by atoms with Gasteiger partial charge in [0.25, 0.3) is 0 Å². The predicted molar refractivity (Wildman–Crippen MR) is 77.2 cm³/mol. The van der Waals surface area contributed by atoms with Crippen molar-refractivity contribution in [3.8, 4) is 0 Å². The number of aliphatic hydroxyl groups excluding tert-OH is 1. The van der Waals surface area contributed by atoms with Gasteiger partial charge in [-0.3, -0.25) is 4.79 Å². The molecule has 3 nitrogen and oxygen atoms in total. The van der Waals surface area contributed by atoms with Crippen LogP contribution in [0.25, 0.3) is 0 Å². The van der Waals surface area contributed by atoms with Gasteiger partial charge < -0.3 is 9.84 Å². The van der Waals surface area contributed by atoms with Crippen LogP contribution in [0.15, 0.2) is 0 Å². The van der Waals surface area contributed by atoms with Crippen molar-refractivity contribution in [1.29, 1.82) is 0 Å². The van der Waals surface area contributed by atoms with Gasteiger partial charge in [-0.25, -0.2) is 0 Å². The molecule has 0 saturated carbocycles. The van der Waals surface area contributed by atoms with E-state index >= 15 is 0 Å². The maximum Gasteiger partial charge on any atom is 0.309 e. The van der Waals surface area contributed by atoms with Crippen molar-refractivity contribution in [2.75, 3.05) is 18.6 Å². The number of alkyl halides is 2. The molecule has 0 heterocycles. The number of hydrogen-bond donors (Lipinski definition) is 1. The van der Waals surface area contributed by atoms with Gasteiger partial charge >= 0.3 is 5.97 Å². The van der Waals surface area contributed by atoms with Crippen molar-refractivity contribution >= 4 is 29.2 Å². The molecule has 1 atom stereocenters. The molecule has 0 aliphatic carbocycles. The SMILES string of the molecule is CCCCCCC(CCO)C(=O)OCC.ClCCl. The largest absolute Gasteiger partial charge is 0.466 e. The minimum atomic E-state index is -0.150. The van der Waals surface area contributed by atoms with E-state index in [4.69, 9.17) is 33.0 Å². The summed E-state index contributed by atoms with van der Waals surface area (Å²) in [6.07, 6.45) is 6.01. The normalized spacial score (nSPS) is 11.4. The molecule has 0 saturated heterocycles. The number of halogens is 2. The van der Waals surface area contributed by atoms with Crippen molar-refractivity contribution in [2.45, 2.75) is 52.4 Å². The molecular weight excluding hydrogens is 275 g/mol. The number of esters is 1. The van der Waals surface area contributed by atoms with Crippen molar-refractivity contribution in [2.24, 2.45) is 5.92 Å². The van der Waals surface area contributed by atoms with Crippen LogP contribution >= 0.6 is 23.2 Å². The molecule has 0 aliphatic heterocycles. The fourth-order valence-electron chi connectivity index (χ4n) is 1.61. The third-order valence-electron chi connectivity index (χ3n) is 2.50. The molecule has 0 rings (SSSR count). The second-order valence-electron chi connectivity index (χ2n) is 3.91. The number of hydrogen-bond acceptors (Lipinski definition) is 3. The van der Waals surface area contributed by atoms with Crippen molar-refractivity contribution in [1.82, 2.24) is 0 Å². The van der Waals surface area contributed by atoms with Crippen LogP contribution in [-0.2, 0) is 9.53 Å². The fourth-order valence-corrected chi connectivity index (χ4v) is 1.61. The highest BCUT2D eigenvalue weighted by molar-refractivity contribution is 6.40. The molecule has 0 aromatic rings. The van der Waals surface area contributed by atoms with Crippen molar-refractivity contribution < 1.29 is 14.6 Å². The van der Waals surface area contributed by atoms with Crippen LogP contribution in [-0.4, -0.2) is 29.6 Å². The van der Waals surface area contributed by atoms with Gasteiger partial charge in [-0.15, -0.1) is 23.2 Å². The van der Waals surface area contributed by atoms with Crippen LogP contribution in [0.2, 0.25) is 0 Å². The highest BCUT2D eigenvalue weighted by Crippen LogP contribution is 2.15. The van der Waals surface area contributed by atoms with E-state index in [0.717, 1.165) is 19.3 Å². The summed E-state index contributed by atoms with van der Waals surface area (Å²) in [5.41, 5.74) is 0. The summed E-state index contributed by atoms with van der Waals surface area (Å²) in [7, 11) is 0. The summed E-state index contributed by atoms with van der Waals surface area (Å²) in [6, 6.07) is 0. The third-order valence-corrected chi connectivity index (χ3v) is 2.50. The number of ether oxygens (including phenoxy) is 1. The lowest BCUT2D eigenvalue weighted by Crippen LogP contribution is -2.19. The van der Waals surface area contributed by atoms with E-state index in [1.54, 1.807) is 0 Å². The number of aliphatic hydroxyl groups is 1. The molecular formula is C13H26Cl2O3. The zero-order valence-corrected chi connectivity index (χ0v) is 13.0. The average molecular weight is 301 g/mol. The molecule has 0 fully saturated rings. The maximum atomic E-state index is 11.5. The number of unbranched alkanes of at least 4 members (excludes halogenated alkanes) is 3. The molecule has 0 aliphatic rings. The van der Waals surface area contributed by atoms with Crippen LogP contribution in [0.5, 0.6) is 0 Å². The Labute approximate surface area is 121 Å². The van der Waals surface area contributed by atoms with Crippen molar-refractivity contribution in [3.63, 3.8) is 0 Å². The summed E-state index contributed by atoms with van der Waals surface area (Å²) in [6.45, 7) is 4.47. The third kappa shape index (κ3) is 14.1. The lowest BCUT2D eigenvalue weighted by Gasteiger charge is -2.13. The minimum Gasteiger partial charge on any atom is -0.466 e. The van der Waals surface area contributed by atoms with Gasteiger partial charge in [0.2, 0.25) is 0 Å². The molecule has 1 N–H and O–H groups in total. The van der Waals surface area contributed by atoms with Gasteiger partial charge in [0.15, 0.2) is 0 Å². The average Bonchev–Trinajstić information content (AvgIpc) is 2.34. The quantitative estimate of drug-likeness (QED) is 0.398. The Bertz CT molecular complexity index is 178. The molecule has 0 bridgehead atoms. The maximum absolute atomic E-state index is 11.5. The summed E-state index contributed by atoms with van der Waals surface area (Å²) in [5, 5.41) is 9.04. The number of carbonyl (C=O) groups is 1. The topological polar surface area (TPSA) is 46.5 Å². The Balaban J connectivity index is 0. The summed E-state index contributed by atoms with van der Waals surface area (Å²) >= 11 is 9.53. The van der Waals surface area contributed by atoms with Gasteiger partial charge in [0.1, 0.15) is 0 Å². The smallest absolute Gasteiger partial charge is 0.309 e. The standard InChI is InChI=1S/C12H24O3.CH2Cl2/c1-3-5-6-7-8-11(9-10-13)12(14)15-4-2;2-1-3/h11,13H,3-10H2,1-2H3;1H2. The molecule has 0 aromatic carbocycles. The Hall–Kier alpha value is 0.01000. The highest BCUT2D eigenvalue weighted by atomic mass is 35.5. The molecule has 0 spiro atoms. The Kier molecular flexibility index (Phi) is 19.2. The van der Waals surface area contributed by atoms with Crippen LogP contribution in [0.4, 0.5) is 0 Å². The Morgan fingerprint density at radius 3 is 2.22 bits per heavy atom. The van der Waals surface area contributed by atoms with E-state index in [9.17, 15) is 4.79 Å². The Morgan fingerprint density at radius 1 is 1.17 bits per heavy atom. The first kappa shape index (κ1) is 20.3. The van der Waals surface area contributed by atoms with E-state index in [1.165, 1.54) is 12.8 Å². The van der Waals surface area contributed by atoms with Gasteiger partial charge in [0.05, 0.1) is 17.9 Å². The zero-order valence-electron chi connectivity index (χ0n) is 11.5. The van der Waals surface area contributed by atoms with E-state index in [0.29, 0.717) is 13.0 Å². The van der Waals surface area contributed by atoms with E-state index in [1.807, 2.05) is 6.92 Å². The monoisotopic (exact) mass is 300 g/mol. The first-order valence-corrected chi connectivity index (χ1v) is 7.64. The van der Waals surface area contributed by atoms with Gasteiger partial charge in [-0.2, -0.15) is 0 Å². The predicted octanol–water partition coefficient (Wildman–Crippen LogP) is 3.94. The lowest BCUT2D eigenvalue weighted by molar-refractivity contribution is -0.148. The lowest BCUT2D eigenvalue weighted by atomic mass is 9.98. The molecule has 0 radical (unpaired) electrons. The molecule has 0 aromatic heterocycles. The molecule has 5 heteroatoms. The van der Waals surface area contributed by atoms with Gasteiger partial charge in [-0.1, -0.05) is 32.6 Å². The van der Waals surface area contributed by atoms with Crippen molar-refractivity contribution in [3.05, 3.63) is 0 Å². The van der Waals surface area contributed by atoms with Crippen LogP contribution in [0.3, 0.4) is 0 Å². The molecule has 110 valence electrons. The second-order valence-corrected chi connectivity index (χ2v) is 4.72. The van der Waals surface area contributed by atoms with E-state index < -0.39 is 0 Å². The summed E-state index contributed by atoms with van der Waals surface area (Å²) in [4.78, 5) is 11.5. The number of carbonyl (C=O) groups excluding carboxylic acids is 1. The molecule has 1 unspecified atom stereocenters. The van der Waals surface area contributed by atoms with Gasteiger partial charge in [-0.05, 0) is 19.8 Å². The first-order chi connectivity index (χ1) is 8.67. The van der Waals surface area contributed by atoms with Crippen LogP contribution in [0, 0.1) is 5.92 Å².